The van der Waals surface area contributed by atoms with Crippen LogP contribution in [-0.4, -0.2) is 70.7 Å². The van der Waals surface area contributed by atoms with Crippen LogP contribution in [0.1, 0.15) is 26.2 Å². The highest BCUT2D eigenvalue weighted by Gasteiger charge is 2.64. The molecule has 0 bridgehead atoms. The molecule has 6 nitrogen and oxygen atoms in total. The summed E-state index contributed by atoms with van der Waals surface area (Å²) in [7, 11) is 0. The summed E-state index contributed by atoms with van der Waals surface area (Å²) in [6.45, 7) is 5.08. The molecule has 1 N–H and O–H groups in total. The molecule has 0 aromatic heterocycles. The first kappa shape index (κ1) is 17.1. The number of halogens is 2. The summed E-state index contributed by atoms with van der Waals surface area (Å²) in [4.78, 5) is 25.8. The van der Waals surface area contributed by atoms with E-state index in [1.54, 1.807) is 11.8 Å². The Morgan fingerprint density at radius 1 is 1.42 bits per heavy atom. The first-order valence-corrected chi connectivity index (χ1v) is 8.11. The van der Waals surface area contributed by atoms with E-state index in [1.807, 2.05) is 0 Å². The molecule has 2 unspecified atom stereocenters. The number of alkyl halides is 2. The summed E-state index contributed by atoms with van der Waals surface area (Å²) >= 11 is 0. The number of likely N-dealkylation sites (tertiary alicyclic amines) is 2. The molecule has 1 saturated carbocycles. The summed E-state index contributed by atoms with van der Waals surface area (Å²) in [6.07, 6.45) is 1.50. The molecule has 0 spiro atoms. The van der Waals surface area contributed by atoms with Crippen molar-refractivity contribution >= 4 is 12.1 Å². The van der Waals surface area contributed by atoms with Gasteiger partial charge in [-0.05, 0) is 26.2 Å². The van der Waals surface area contributed by atoms with E-state index in [1.165, 1.54) is 6.08 Å². The lowest BCUT2D eigenvalue weighted by molar-refractivity contribution is -0.165. The van der Waals surface area contributed by atoms with Crippen LogP contribution >= 0.6 is 0 Å². The Morgan fingerprint density at radius 2 is 2.08 bits per heavy atom. The predicted octanol–water partition coefficient (Wildman–Crippen LogP) is 1.96. The summed E-state index contributed by atoms with van der Waals surface area (Å²) < 4.78 is 33.8. The van der Waals surface area contributed by atoms with Gasteiger partial charge in [0.05, 0.1) is 24.0 Å². The van der Waals surface area contributed by atoms with Crippen molar-refractivity contribution in [2.45, 2.75) is 50.2 Å². The van der Waals surface area contributed by atoms with Gasteiger partial charge in [0.2, 0.25) is 0 Å². The summed E-state index contributed by atoms with van der Waals surface area (Å²) in [5.41, 5.74) is -0.661. The number of esters is 1. The topological polar surface area (TPSA) is 70.1 Å². The molecule has 24 heavy (non-hydrogen) atoms. The fraction of sp³-hybridized carbons (Fsp3) is 0.750. The fourth-order valence-electron chi connectivity index (χ4n) is 4.40. The Labute approximate surface area is 139 Å². The minimum atomic E-state index is -3.06. The number of hydrogen-bond acceptors (Lipinski definition) is 4. The number of hydrogen-bond donors (Lipinski definition) is 1. The molecule has 2 heterocycles. The zero-order valence-electron chi connectivity index (χ0n) is 13.6. The predicted molar refractivity (Wildman–Crippen MR) is 80.9 cm³/mol. The van der Waals surface area contributed by atoms with E-state index in [4.69, 9.17) is 9.84 Å². The Hall–Kier alpha value is -1.70. The highest BCUT2D eigenvalue weighted by atomic mass is 19.3. The molecule has 3 aliphatic rings. The Bertz CT molecular complexity index is 562. The van der Waals surface area contributed by atoms with Gasteiger partial charge in [-0.15, -0.1) is 0 Å². The molecule has 3 rings (SSSR count). The number of carbonyl (C=O) groups is 2. The van der Waals surface area contributed by atoms with Crippen molar-refractivity contribution in [1.29, 1.82) is 0 Å². The molecule has 2 atom stereocenters. The molecular formula is C16H22F2N2O4. The maximum absolute atomic E-state index is 14.3. The van der Waals surface area contributed by atoms with Crippen molar-refractivity contribution in [3.8, 4) is 0 Å². The third-order valence-corrected chi connectivity index (χ3v) is 5.53. The minimum Gasteiger partial charge on any atom is -0.465 e. The maximum Gasteiger partial charge on any atom is 0.407 e. The highest BCUT2D eigenvalue weighted by molar-refractivity contribution is 5.78. The van der Waals surface area contributed by atoms with Crippen LogP contribution in [-0.2, 0) is 9.53 Å². The Morgan fingerprint density at radius 3 is 2.67 bits per heavy atom. The van der Waals surface area contributed by atoms with E-state index < -0.39 is 36.1 Å². The molecule has 8 heteroatoms. The van der Waals surface area contributed by atoms with E-state index in [-0.39, 0.29) is 18.6 Å². The van der Waals surface area contributed by atoms with Gasteiger partial charge in [-0.3, -0.25) is 14.6 Å². The van der Waals surface area contributed by atoms with Gasteiger partial charge in [-0.1, -0.05) is 12.7 Å². The SMILES string of the molecule is C=CCOC(=O)C1(C)CC(N2CCC3C2C(F)(F)CN3C(=O)O)C1. The van der Waals surface area contributed by atoms with Crippen molar-refractivity contribution in [1.82, 2.24) is 9.80 Å². The molecule has 1 amide bonds. The van der Waals surface area contributed by atoms with Crippen LogP contribution < -0.4 is 0 Å². The summed E-state index contributed by atoms with van der Waals surface area (Å²) in [5.74, 6) is -3.39. The van der Waals surface area contributed by atoms with Crippen LogP contribution in [0.15, 0.2) is 12.7 Å². The van der Waals surface area contributed by atoms with Crippen molar-refractivity contribution < 1.29 is 28.2 Å². The second kappa shape index (κ2) is 5.68. The van der Waals surface area contributed by atoms with Gasteiger partial charge in [0, 0.05) is 12.6 Å². The molecule has 134 valence electrons. The molecule has 0 radical (unpaired) electrons. The number of rotatable bonds is 4. The standard InChI is InChI=1S/C16H22F2N2O4/c1-3-6-24-13(21)15(2)7-10(8-15)19-5-4-11-12(19)16(17,18)9-20(11)14(22)23/h3,10-12H,1,4-9H2,2H3,(H,22,23). The van der Waals surface area contributed by atoms with Crippen molar-refractivity contribution in [3.63, 3.8) is 0 Å². The quantitative estimate of drug-likeness (QED) is 0.624. The summed E-state index contributed by atoms with van der Waals surface area (Å²) in [5, 5.41) is 9.13. The lowest BCUT2D eigenvalue weighted by atomic mass is 9.66. The lowest BCUT2D eigenvalue weighted by Crippen LogP contribution is -2.58. The average Bonchev–Trinajstić information content (AvgIpc) is 3.01. The molecule has 0 aromatic rings. The normalized spacial score (nSPS) is 37.6. The van der Waals surface area contributed by atoms with E-state index in [0.717, 1.165) is 4.90 Å². The number of nitrogens with zero attached hydrogens (tertiary/aromatic N) is 2. The first-order valence-electron chi connectivity index (χ1n) is 8.11. The number of ether oxygens (including phenoxy) is 1. The largest absolute Gasteiger partial charge is 0.465 e. The number of carbonyl (C=O) groups excluding carboxylic acids is 1. The van der Waals surface area contributed by atoms with Crippen LogP contribution in [0, 0.1) is 5.41 Å². The first-order chi connectivity index (χ1) is 11.2. The van der Waals surface area contributed by atoms with Gasteiger partial charge >= 0.3 is 12.1 Å². The second-order valence-electron chi connectivity index (χ2n) is 7.22. The number of fused-ring (bicyclic) bond motifs is 1. The third-order valence-electron chi connectivity index (χ3n) is 5.53. The monoisotopic (exact) mass is 344 g/mol. The molecule has 3 fully saturated rings. The van der Waals surface area contributed by atoms with Gasteiger partial charge in [-0.25, -0.2) is 13.6 Å². The third kappa shape index (κ3) is 2.56. The number of amides is 1. The van der Waals surface area contributed by atoms with Crippen LogP contribution in [0.3, 0.4) is 0 Å². The van der Waals surface area contributed by atoms with Crippen LogP contribution in [0.4, 0.5) is 13.6 Å². The van der Waals surface area contributed by atoms with Crippen LogP contribution in [0.2, 0.25) is 0 Å². The lowest BCUT2D eigenvalue weighted by Gasteiger charge is -2.49. The summed E-state index contributed by atoms with van der Waals surface area (Å²) in [6, 6.07) is -1.90. The molecular weight excluding hydrogens is 322 g/mol. The highest BCUT2D eigenvalue weighted by Crippen LogP contribution is 2.50. The zero-order chi connectivity index (χ0) is 17.7. The fourth-order valence-corrected chi connectivity index (χ4v) is 4.40. The van der Waals surface area contributed by atoms with Crippen molar-refractivity contribution in [2.75, 3.05) is 19.7 Å². The molecule has 2 aliphatic heterocycles. The Balaban J connectivity index is 1.67. The molecule has 2 saturated heterocycles. The average molecular weight is 344 g/mol. The van der Waals surface area contributed by atoms with E-state index in [2.05, 4.69) is 6.58 Å². The minimum absolute atomic E-state index is 0.138. The smallest absolute Gasteiger partial charge is 0.407 e. The maximum atomic E-state index is 14.3. The van der Waals surface area contributed by atoms with Gasteiger partial charge in [0.25, 0.3) is 5.92 Å². The van der Waals surface area contributed by atoms with Crippen LogP contribution in [0.5, 0.6) is 0 Å². The van der Waals surface area contributed by atoms with Gasteiger partial charge in [0.15, 0.2) is 0 Å². The van der Waals surface area contributed by atoms with E-state index in [0.29, 0.717) is 25.8 Å². The van der Waals surface area contributed by atoms with E-state index in [9.17, 15) is 18.4 Å². The molecule has 0 aromatic carbocycles. The number of carboxylic acid groups (broad SMARTS) is 1. The van der Waals surface area contributed by atoms with Gasteiger partial charge in [-0.2, -0.15) is 0 Å². The van der Waals surface area contributed by atoms with Crippen LogP contribution in [0.25, 0.3) is 0 Å². The molecule has 1 aliphatic carbocycles. The van der Waals surface area contributed by atoms with E-state index >= 15 is 0 Å². The second-order valence-corrected chi connectivity index (χ2v) is 7.22. The zero-order valence-corrected chi connectivity index (χ0v) is 13.6. The van der Waals surface area contributed by atoms with Gasteiger partial charge in [0.1, 0.15) is 6.61 Å². The van der Waals surface area contributed by atoms with Crippen molar-refractivity contribution in [3.05, 3.63) is 12.7 Å². The Kier molecular flexibility index (Phi) is 4.06. The van der Waals surface area contributed by atoms with Gasteiger partial charge < -0.3 is 9.84 Å². The van der Waals surface area contributed by atoms with Crippen molar-refractivity contribution in [2.24, 2.45) is 5.41 Å².